The van der Waals surface area contributed by atoms with E-state index in [-0.39, 0.29) is 18.7 Å². The number of rotatable bonds is 2. The van der Waals surface area contributed by atoms with Gasteiger partial charge in [0.25, 0.3) is 0 Å². The van der Waals surface area contributed by atoms with Gasteiger partial charge in [-0.3, -0.25) is 4.79 Å². The number of anilines is 1. The maximum atomic E-state index is 12.2. The molecular formula is C14H18N2O3. The molecule has 3 rings (SSSR count). The molecule has 5 heteroatoms. The molecule has 0 bridgehead atoms. The Balaban J connectivity index is 1.69. The van der Waals surface area contributed by atoms with E-state index in [0.29, 0.717) is 11.7 Å². The molecule has 2 unspecified atom stereocenters. The van der Waals surface area contributed by atoms with Gasteiger partial charge in [0.15, 0.2) is 11.5 Å². The van der Waals surface area contributed by atoms with Crippen LogP contribution in [0, 0.1) is 5.92 Å². The molecule has 1 amide bonds. The largest absolute Gasteiger partial charge is 0.454 e. The Hall–Kier alpha value is -1.75. The number of hydrogen-bond acceptors (Lipinski definition) is 4. The first kappa shape index (κ1) is 12.3. The monoisotopic (exact) mass is 262 g/mol. The summed E-state index contributed by atoms with van der Waals surface area (Å²) in [6.45, 7) is 3.26. The van der Waals surface area contributed by atoms with Gasteiger partial charge < -0.3 is 20.1 Å². The Bertz CT molecular complexity index is 490. The summed E-state index contributed by atoms with van der Waals surface area (Å²) < 4.78 is 10.5. The van der Waals surface area contributed by atoms with Crippen LogP contribution in [0.4, 0.5) is 5.69 Å². The third-order valence-electron chi connectivity index (χ3n) is 3.69. The fourth-order valence-corrected chi connectivity index (χ4v) is 2.59. The lowest BCUT2D eigenvalue weighted by Crippen LogP contribution is -2.48. The van der Waals surface area contributed by atoms with Gasteiger partial charge in [-0.25, -0.2) is 0 Å². The molecule has 1 fully saturated rings. The summed E-state index contributed by atoms with van der Waals surface area (Å²) in [4.78, 5) is 12.2. The number of hydrogen-bond donors (Lipinski definition) is 2. The Morgan fingerprint density at radius 2 is 2.21 bits per heavy atom. The van der Waals surface area contributed by atoms with Crippen molar-refractivity contribution >= 4 is 11.6 Å². The van der Waals surface area contributed by atoms with E-state index in [4.69, 9.17) is 9.47 Å². The highest BCUT2D eigenvalue weighted by Crippen LogP contribution is 2.34. The van der Waals surface area contributed by atoms with Crippen LogP contribution < -0.4 is 20.1 Å². The molecule has 2 atom stereocenters. The van der Waals surface area contributed by atoms with E-state index in [9.17, 15) is 4.79 Å². The van der Waals surface area contributed by atoms with Gasteiger partial charge in [-0.1, -0.05) is 6.92 Å². The van der Waals surface area contributed by atoms with Crippen LogP contribution in [0.5, 0.6) is 11.5 Å². The van der Waals surface area contributed by atoms with Crippen LogP contribution in [0.1, 0.15) is 19.8 Å². The lowest BCUT2D eigenvalue weighted by atomic mass is 9.92. The topological polar surface area (TPSA) is 59.6 Å². The van der Waals surface area contributed by atoms with E-state index in [1.165, 1.54) is 0 Å². The maximum absolute atomic E-state index is 12.2. The molecule has 0 aromatic heterocycles. The van der Waals surface area contributed by atoms with Crippen molar-refractivity contribution < 1.29 is 14.3 Å². The average molecular weight is 262 g/mol. The SMILES string of the molecule is CC1CCCNC1C(=O)Nc1ccc2c(c1)OCO2. The highest BCUT2D eigenvalue weighted by Gasteiger charge is 2.27. The third kappa shape index (κ3) is 2.51. The van der Waals surface area contributed by atoms with Gasteiger partial charge in [-0.2, -0.15) is 0 Å². The summed E-state index contributed by atoms with van der Waals surface area (Å²) in [5, 5.41) is 6.21. The molecule has 19 heavy (non-hydrogen) atoms. The molecule has 0 spiro atoms. The first-order valence-electron chi connectivity index (χ1n) is 6.68. The summed E-state index contributed by atoms with van der Waals surface area (Å²) in [5.41, 5.74) is 0.744. The van der Waals surface area contributed by atoms with E-state index in [2.05, 4.69) is 17.6 Å². The molecule has 2 aliphatic rings. The maximum Gasteiger partial charge on any atom is 0.241 e. The number of piperidine rings is 1. The predicted molar refractivity (Wildman–Crippen MR) is 71.4 cm³/mol. The summed E-state index contributed by atoms with van der Waals surface area (Å²) >= 11 is 0. The number of carbonyl (C=O) groups excluding carboxylic acids is 1. The highest BCUT2D eigenvalue weighted by atomic mass is 16.7. The quantitative estimate of drug-likeness (QED) is 0.852. The standard InChI is InChI=1S/C14H18N2O3/c1-9-3-2-6-15-13(9)14(17)16-10-4-5-11-12(7-10)19-8-18-11/h4-5,7,9,13,15H,2-3,6,8H2,1H3,(H,16,17). The normalized spacial score (nSPS) is 25.1. The lowest BCUT2D eigenvalue weighted by Gasteiger charge is -2.28. The van der Waals surface area contributed by atoms with Crippen LogP contribution >= 0.6 is 0 Å². The van der Waals surface area contributed by atoms with Crippen LogP contribution in [0.2, 0.25) is 0 Å². The van der Waals surface area contributed by atoms with Crippen molar-refractivity contribution in [2.75, 3.05) is 18.7 Å². The van der Waals surface area contributed by atoms with E-state index in [1.54, 1.807) is 6.07 Å². The van der Waals surface area contributed by atoms with Crippen LogP contribution in [0.25, 0.3) is 0 Å². The zero-order valence-electron chi connectivity index (χ0n) is 10.9. The van der Waals surface area contributed by atoms with Gasteiger partial charge in [-0.05, 0) is 37.4 Å². The minimum Gasteiger partial charge on any atom is -0.454 e. The molecular weight excluding hydrogens is 244 g/mol. The van der Waals surface area contributed by atoms with Gasteiger partial charge in [-0.15, -0.1) is 0 Å². The van der Waals surface area contributed by atoms with E-state index >= 15 is 0 Å². The van der Waals surface area contributed by atoms with E-state index < -0.39 is 0 Å². The van der Waals surface area contributed by atoms with Crippen molar-refractivity contribution in [1.29, 1.82) is 0 Å². The van der Waals surface area contributed by atoms with Crippen molar-refractivity contribution in [1.82, 2.24) is 5.32 Å². The minimum atomic E-state index is -0.112. The summed E-state index contributed by atoms with van der Waals surface area (Å²) in [5.74, 6) is 1.79. The summed E-state index contributed by atoms with van der Waals surface area (Å²) in [7, 11) is 0. The Morgan fingerprint density at radius 3 is 3.05 bits per heavy atom. The molecule has 2 N–H and O–H groups in total. The second-order valence-corrected chi connectivity index (χ2v) is 5.11. The molecule has 0 radical (unpaired) electrons. The predicted octanol–water partition coefficient (Wildman–Crippen LogP) is 1.74. The Morgan fingerprint density at radius 1 is 1.37 bits per heavy atom. The molecule has 1 aromatic carbocycles. The van der Waals surface area contributed by atoms with Gasteiger partial charge in [0, 0.05) is 11.8 Å². The molecule has 1 saturated heterocycles. The van der Waals surface area contributed by atoms with Gasteiger partial charge in [0.1, 0.15) is 0 Å². The van der Waals surface area contributed by atoms with Crippen LogP contribution in [-0.2, 0) is 4.79 Å². The number of ether oxygens (including phenoxy) is 2. The van der Waals surface area contributed by atoms with E-state index in [1.807, 2.05) is 12.1 Å². The zero-order valence-corrected chi connectivity index (χ0v) is 10.9. The van der Waals surface area contributed by atoms with Gasteiger partial charge in [0.2, 0.25) is 12.7 Å². The molecule has 2 aliphatic heterocycles. The van der Waals surface area contributed by atoms with Crippen molar-refractivity contribution in [2.24, 2.45) is 5.92 Å². The average Bonchev–Trinajstić information content (AvgIpc) is 2.86. The van der Waals surface area contributed by atoms with Gasteiger partial charge >= 0.3 is 0 Å². The number of benzene rings is 1. The number of carbonyl (C=O) groups is 1. The first-order valence-corrected chi connectivity index (χ1v) is 6.68. The number of nitrogens with one attached hydrogen (secondary N) is 2. The third-order valence-corrected chi connectivity index (χ3v) is 3.69. The molecule has 5 nitrogen and oxygen atoms in total. The van der Waals surface area contributed by atoms with Crippen molar-refractivity contribution in [3.05, 3.63) is 18.2 Å². The fourth-order valence-electron chi connectivity index (χ4n) is 2.59. The first-order chi connectivity index (χ1) is 9.24. The molecule has 0 aliphatic carbocycles. The lowest BCUT2D eigenvalue weighted by molar-refractivity contribution is -0.119. The van der Waals surface area contributed by atoms with E-state index in [0.717, 1.165) is 30.8 Å². The molecule has 1 aromatic rings. The Labute approximate surface area is 112 Å². The highest BCUT2D eigenvalue weighted by molar-refractivity contribution is 5.95. The van der Waals surface area contributed by atoms with Crippen LogP contribution in [0.15, 0.2) is 18.2 Å². The van der Waals surface area contributed by atoms with Crippen LogP contribution in [-0.4, -0.2) is 25.3 Å². The minimum absolute atomic E-state index is 0.0195. The van der Waals surface area contributed by atoms with Gasteiger partial charge in [0.05, 0.1) is 6.04 Å². The molecule has 2 heterocycles. The molecule has 102 valence electrons. The fraction of sp³-hybridized carbons (Fsp3) is 0.500. The number of amides is 1. The smallest absolute Gasteiger partial charge is 0.241 e. The summed E-state index contributed by atoms with van der Waals surface area (Å²) in [6.07, 6.45) is 2.22. The second-order valence-electron chi connectivity index (χ2n) is 5.11. The van der Waals surface area contributed by atoms with Crippen LogP contribution in [0.3, 0.4) is 0 Å². The summed E-state index contributed by atoms with van der Waals surface area (Å²) in [6, 6.07) is 5.33. The zero-order chi connectivity index (χ0) is 13.2. The van der Waals surface area contributed by atoms with Crippen molar-refractivity contribution in [2.45, 2.75) is 25.8 Å². The Kier molecular flexibility index (Phi) is 3.29. The number of fused-ring (bicyclic) bond motifs is 1. The second kappa shape index (κ2) is 5.09. The molecule has 0 saturated carbocycles. The van der Waals surface area contributed by atoms with Crippen molar-refractivity contribution in [3.63, 3.8) is 0 Å². The van der Waals surface area contributed by atoms with Crippen molar-refractivity contribution in [3.8, 4) is 11.5 Å².